The van der Waals surface area contributed by atoms with Gasteiger partial charge in [-0.15, -0.1) is 0 Å². The normalized spacial score (nSPS) is 15.7. The summed E-state index contributed by atoms with van der Waals surface area (Å²) in [6.07, 6.45) is 0. The molecule has 1 amide bonds. The first-order valence-corrected chi connectivity index (χ1v) is 7.40. The smallest absolute Gasteiger partial charge is 0.241 e. The van der Waals surface area contributed by atoms with Crippen LogP contribution in [0.4, 0.5) is 5.69 Å². The highest BCUT2D eigenvalue weighted by Crippen LogP contribution is 2.22. The van der Waals surface area contributed by atoms with Gasteiger partial charge in [0.1, 0.15) is 0 Å². The monoisotopic (exact) mass is 291 g/mol. The third-order valence-electron chi connectivity index (χ3n) is 3.87. The van der Waals surface area contributed by atoms with E-state index < -0.39 is 0 Å². The van der Waals surface area contributed by atoms with E-state index in [0.717, 1.165) is 38.5 Å². The van der Waals surface area contributed by atoms with Crippen LogP contribution in [0, 0.1) is 6.92 Å². The lowest BCUT2D eigenvalue weighted by Crippen LogP contribution is -2.48. The number of hydrogen-bond acceptors (Lipinski definition) is 4. The van der Waals surface area contributed by atoms with Gasteiger partial charge in [0.15, 0.2) is 0 Å². The summed E-state index contributed by atoms with van der Waals surface area (Å²) >= 11 is 0. The minimum atomic E-state index is 0.186. The minimum absolute atomic E-state index is 0.186. The van der Waals surface area contributed by atoms with Crippen molar-refractivity contribution in [1.29, 1.82) is 0 Å². The Kier molecular flexibility index (Phi) is 5.59. The minimum Gasteiger partial charge on any atom is -0.383 e. The van der Waals surface area contributed by atoms with Crippen molar-refractivity contribution in [1.82, 2.24) is 10.2 Å². The van der Waals surface area contributed by atoms with Gasteiger partial charge < -0.3 is 19.9 Å². The molecule has 1 aromatic rings. The zero-order chi connectivity index (χ0) is 15.2. The van der Waals surface area contributed by atoms with Gasteiger partial charge in [0.05, 0.1) is 13.2 Å². The molecule has 0 unspecified atom stereocenters. The predicted molar refractivity (Wildman–Crippen MR) is 84.6 cm³/mol. The van der Waals surface area contributed by atoms with E-state index in [9.17, 15) is 4.79 Å². The number of carbonyl (C=O) groups is 1. The highest BCUT2D eigenvalue weighted by atomic mass is 16.5. The van der Waals surface area contributed by atoms with Crippen molar-refractivity contribution in [2.45, 2.75) is 13.5 Å². The lowest BCUT2D eigenvalue weighted by atomic mass is 10.1. The van der Waals surface area contributed by atoms with E-state index in [1.54, 1.807) is 12.0 Å². The van der Waals surface area contributed by atoms with Crippen LogP contribution in [0.25, 0.3) is 0 Å². The van der Waals surface area contributed by atoms with Crippen molar-refractivity contribution in [3.05, 3.63) is 29.3 Å². The molecular weight excluding hydrogens is 266 g/mol. The van der Waals surface area contributed by atoms with Crippen LogP contribution in [0.1, 0.15) is 11.1 Å². The molecule has 0 bridgehead atoms. The highest BCUT2D eigenvalue weighted by Gasteiger charge is 2.22. The lowest BCUT2D eigenvalue weighted by Gasteiger charge is -2.34. The number of ether oxygens (including phenoxy) is 1. The molecule has 0 aromatic heterocycles. The van der Waals surface area contributed by atoms with Crippen LogP contribution in [-0.4, -0.2) is 57.8 Å². The van der Waals surface area contributed by atoms with Crippen LogP contribution in [0.15, 0.2) is 18.2 Å². The fraction of sp³-hybridized carbons (Fsp3) is 0.562. The van der Waals surface area contributed by atoms with Crippen molar-refractivity contribution in [3.8, 4) is 0 Å². The quantitative estimate of drug-likeness (QED) is 0.795. The number of methoxy groups -OCH3 is 1. The molecule has 0 saturated carbocycles. The SMILES string of the molecule is COCCNCc1ccc(N2CCN(C)C(=O)C2)c(C)c1. The van der Waals surface area contributed by atoms with Crippen LogP contribution in [-0.2, 0) is 16.1 Å². The molecule has 1 heterocycles. The van der Waals surface area contributed by atoms with Gasteiger partial charge in [0.25, 0.3) is 0 Å². The first kappa shape index (κ1) is 15.8. The summed E-state index contributed by atoms with van der Waals surface area (Å²) in [6.45, 7) is 6.68. The molecular formula is C16H25N3O2. The summed E-state index contributed by atoms with van der Waals surface area (Å²) in [5.74, 6) is 0.186. The average Bonchev–Trinajstić information content (AvgIpc) is 2.47. The molecule has 116 valence electrons. The van der Waals surface area contributed by atoms with E-state index in [0.29, 0.717) is 6.54 Å². The zero-order valence-corrected chi connectivity index (χ0v) is 13.2. The molecule has 1 saturated heterocycles. The first-order valence-electron chi connectivity index (χ1n) is 7.40. The Labute approximate surface area is 126 Å². The van der Waals surface area contributed by atoms with Crippen molar-refractivity contribution in [3.63, 3.8) is 0 Å². The predicted octanol–water partition coefficient (Wildman–Crippen LogP) is 1.01. The fourth-order valence-electron chi connectivity index (χ4n) is 2.55. The van der Waals surface area contributed by atoms with Gasteiger partial charge in [0, 0.05) is 46.0 Å². The molecule has 0 radical (unpaired) electrons. The standard InChI is InChI=1S/C16H25N3O2/c1-13-10-14(11-17-6-9-21-3)4-5-15(13)19-8-7-18(2)16(20)12-19/h4-5,10,17H,6-9,11-12H2,1-3H3. The summed E-state index contributed by atoms with van der Waals surface area (Å²) < 4.78 is 5.02. The summed E-state index contributed by atoms with van der Waals surface area (Å²) in [5.41, 5.74) is 3.64. The lowest BCUT2D eigenvalue weighted by molar-refractivity contribution is -0.129. The maximum atomic E-state index is 11.8. The van der Waals surface area contributed by atoms with Gasteiger partial charge in [-0.1, -0.05) is 12.1 Å². The van der Waals surface area contributed by atoms with Gasteiger partial charge in [-0.25, -0.2) is 0 Å². The largest absolute Gasteiger partial charge is 0.383 e. The average molecular weight is 291 g/mol. The van der Waals surface area contributed by atoms with Crippen LogP contribution in [0.2, 0.25) is 0 Å². The Morgan fingerprint density at radius 2 is 2.14 bits per heavy atom. The second kappa shape index (κ2) is 7.43. The first-order chi connectivity index (χ1) is 10.1. The van der Waals surface area contributed by atoms with E-state index in [2.05, 4.69) is 35.3 Å². The molecule has 5 heteroatoms. The number of nitrogens with zero attached hydrogens (tertiary/aromatic N) is 2. The Hall–Kier alpha value is -1.59. The Balaban J connectivity index is 1.97. The molecule has 0 aliphatic carbocycles. The molecule has 1 fully saturated rings. The van der Waals surface area contributed by atoms with E-state index in [4.69, 9.17) is 4.74 Å². The summed E-state index contributed by atoms with van der Waals surface area (Å²) in [7, 11) is 3.57. The molecule has 2 rings (SSSR count). The number of benzene rings is 1. The zero-order valence-electron chi connectivity index (χ0n) is 13.2. The Bertz CT molecular complexity index is 490. The fourth-order valence-corrected chi connectivity index (χ4v) is 2.55. The van der Waals surface area contributed by atoms with Gasteiger partial charge in [-0.05, 0) is 24.1 Å². The second-order valence-electron chi connectivity index (χ2n) is 5.53. The molecule has 1 N–H and O–H groups in total. The van der Waals surface area contributed by atoms with E-state index in [1.165, 1.54) is 11.1 Å². The number of anilines is 1. The Morgan fingerprint density at radius 1 is 1.33 bits per heavy atom. The maximum Gasteiger partial charge on any atom is 0.241 e. The number of aryl methyl sites for hydroxylation is 1. The number of piperazine rings is 1. The second-order valence-corrected chi connectivity index (χ2v) is 5.53. The third-order valence-corrected chi connectivity index (χ3v) is 3.87. The third kappa shape index (κ3) is 4.19. The molecule has 21 heavy (non-hydrogen) atoms. The van der Waals surface area contributed by atoms with Gasteiger partial charge in [-0.3, -0.25) is 4.79 Å². The molecule has 1 aromatic carbocycles. The van der Waals surface area contributed by atoms with Crippen LogP contribution >= 0.6 is 0 Å². The maximum absolute atomic E-state index is 11.8. The molecule has 0 spiro atoms. The van der Waals surface area contributed by atoms with Gasteiger partial charge in [-0.2, -0.15) is 0 Å². The van der Waals surface area contributed by atoms with Crippen molar-refractivity contribution < 1.29 is 9.53 Å². The molecule has 1 aliphatic heterocycles. The van der Waals surface area contributed by atoms with Crippen molar-refractivity contribution in [2.75, 3.05) is 51.8 Å². The molecule has 5 nitrogen and oxygen atoms in total. The van der Waals surface area contributed by atoms with Crippen LogP contribution in [0.3, 0.4) is 0 Å². The van der Waals surface area contributed by atoms with Crippen molar-refractivity contribution >= 4 is 11.6 Å². The molecule has 0 atom stereocenters. The van der Waals surface area contributed by atoms with Crippen molar-refractivity contribution in [2.24, 2.45) is 0 Å². The van der Waals surface area contributed by atoms with E-state index in [1.807, 2.05) is 7.05 Å². The number of carbonyl (C=O) groups excluding carboxylic acids is 1. The Morgan fingerprint density at radius 3 is 2.81 bits per heavy atom. The summed E-state index contributed by atoms with van der Waals surface area (Å²) in [6, 6.07) is 6.45. The topological polar surface area (TPSA) is 44.8 Å². The number of nitrogens with one attached hydrogen (secondary N) is 1. The van der Waals surface area contributed by atoms with E-state index in [-0.39, 0.29) is 5.91 Å². The number of rotatable bonds is 6. The van der Waals surface area contributed by atoms with Gasteiger partial charge >= 0.3 is 0 Å². The highest BCUT2D eigenvalue weighted by molar-refractivity contribution is 5.83. The number of hydrogen-bond donors (Lipinski definition) is 1. The molecule has 1 aliphatic rings. The summed E-state index contributed by atoms with van der Waals surface area (Å²) in [5, 5.41) is 3.34. The number of amides is 1. The number of likely N-dealkylation sites (N-methyl/N-ethyl adjacent to an activating group) is 1. The van der Waals surface area contributed by atoms with Crippen LogP contribution < -0.4 is 10.2 Å². The van der Waals surface area contributed by atoms with Gasteiger partial charge in [0.2, 0.25) is 5.91 Å². The van der Waals surface area contributed by atoms with Crippen LogP contribution in [0.5, 0.6) is 0 Å². The van der Waals surface area contributed by atoms with E-state index >= 15 is 0 Å². The summed E-state index contributed by atoms with van der Waals surface area (Å²) in [4.78, 5) is 15.8.